The molecule has 0 aliphatic carbocycles. The van der Waals surface area contributed by atoms with Crippen molar-refractivity contribution in [2.75, 3.05) is 46.4 Å². The lowest BCUT2D eigenvalue weighted by molar-refractivity contribution is -0.147. The molecular formula is C21H31N3O4. The molecule has 1 amide bonds. The fraction of sp³-hybridized carbons (Fsp3) is 0.619. The predicted octanol–water partition coefficient (Wildman–Crippen LogP) is 1.28. The van der Waals surface area contributed by atoms with Crippen molar-refractivity contribution in [2.24, 2.45) is 0 Å². The summed E-state index contributed by atoms with van der Waals surface area (Å²) in [5, 5.41) is 8.92. The minimum Gasteiger partial charge on any atom is -0.480 e. The zero-order chi connectivity index (χ0) is 19.9. The number of nitrogens with zero attached hydrogens (tertiary/aromatic N) is 3. The van der Waals surface area contributed by atoms with Crippen LogP contribution in [-0.2, 0) is 20.9 Å². The van der Waals surface area contributed by atoms with E-state index in [-0.39, 0.29) is 24.6 Å². The third kappa shape index (κ3) is 5.77. The van der Waals surface area contributed by atoms with E-state index in [4.69, 9.17) is 9.84 Å². The van der Waals surface area contributed by atoms with Crippen molar-refractivity contribution in [3.8, 4) is 0 Å². The molecule has 0 bridgehead atoms. The number of carbonyl (C=O) groups excluding carboxylic acids is 1. The molecule has 28 heavy (non-hydrogen) atoms. The van der Waals surface area contributed by atoms with Crippen LogP contribution >= 0.6 is 0 Å². The Morgan fingerprint density at radius 3 is 2.75 bits per heavy atom. The molecule has 7 heteroatoms. The summed E-state index contributed by atoms with van der Waals surface area (Å²) in [5.74, 6) is -0.671. The van der Waals surface area contributed by atoms with Crippen molar-refractivity contribution in [3.05, 3.63) is 35.9 Å². The van der Waals surface area contributed by atoms with E-state index in [1.165, 1.54) is 5.56 Å². The van der Waals surface area contributed by atoms with Crippen LogP contribution in [0.5, 0.6) is 0 Å². The van der Waals surface area contributed by atoms with Gasteiger partial charge < -0.3 is 14.7 Å². The van der Waals surface area contributed by atoms with Gasteiger partial charge in [-0.25, -0.2) is 0 Å². The summed E-state index contributed by atoms with van der Waals surface area (Å²) in [5.41, 5.74) is 1.23. The smallest absolute Gasteiger partial charge is 0.317 e. The molecule has 2 saturated heterocycles. The molecule has 2 fully saturated rings. The molecule has 0 spiro atoms. The largest absolute Gasteiger partial charge is 0.480 e. The van der Waals surface area contributed by atoms with Gasteiger partial charge in [0.2, 0.25) is 5.91 Å². The number of ether oxygens (including phenoxy) is 1. The van der Waals surface area contributed by atoms with Gasteiger partial charge in [-0.15, -0.1) is 0 Å². The molecule has 2 aliphatic heterocycles. The number of hydrogen-bond acceptors (Lipinski definition) is 5. The third-order valence-corrected chi connectivity index (χ3v) is 5.50. The first-order chi connectivity index (χ1) is 13.5. The number of benzene rings is 1. The summed E-state index contributed by atoms with van der Waals surface area (Å²) in [4.78, 5) is 30.1. The van der Waals surface area contributed by atoms with Crippen molar-refractivity contribution in [3.63, 3.8) is 0 Å². The maximum Gasteiger partial charge on any atom is 0.317 e. The van der Waals surface area contributed by atoms with Crippen LogP contribution in [0.25, 0.3) is 0 Å². The summed E-state index contributed by atoms with van der Waals surface area (Å²) in [6, 6.07) is 10.2. The normalized spacial score (nSPS) is 23.7. The molecule has 2 atom stereocenters. The molecule has 7 nitrogen and oxygen atoms in total. The Labute approximate surface area is 166 Å². The Hall–Kier alpha value is -1.96. The first-order valence-electron chi connectivity index (χ1n) is 10.1. The number of hydrogen-bond donors (Lipinski definition) is 1. The highest BCUT2D eigenvalue weighted by Gasteiger charge is 2.34. The fourth-order valence-corrected chi connectivity index (χ4v) is 4.16. The zero-order valence-corrected chi connectivity index (χ0v) is 16.6. The number of morpholine rings is 1. The fourth-order valence-electron chi connectivity index (χ4n) is 4.16. The van der Waals surface area contributed by atoms with Crippen LogP contribution in [-0.4, -0.2) is 90.2 Å². The average molecular weight is 389 g/mol. The Morgan fingerprint density at radius 2 is 2.00 bits per heavy atom. The van der Waals surface area contributed by atoms with Crippen molar-refractivity contribution in [1.29, 1.82) is 0 Å². The number of rotatable bonds is 7. The molecule has 0 radical (unpaired) electrons. The van der Waals surface area contributed by atoms with Gasteiger partial charge in [-0.1, -0.05) is 36.8 Å². The number of carbonyl (C=O) groups is 2. The minimum absolute atomic E-state index is 0.0265. The quantitative estimate of drug-likeness (QED) is 0.758. The van der Waals surface area contributed by atoms with Crippen molar-refractivity contribution >= 4 is 11.9 Å². The van der Waals surface area contributed by atoms with Gasteiger partial charge in [0.05, 0.1) is 25.3 Å². The minimum atomic E-state index is -0.856. The van der Waals surface area contributed by atoms with E-state index in [9.17, 15) is 9.59 Å². The van der Waals surface area contributed by atoms with E-state index in [0.29, 0.717) is 26.2 Å². The summed E-state index contributed by atoms with van der Waals surface area (Å²) < 4.78 is 5.78. The summed E-state index contributed by atoms with van der Waals surface area (Å²) in [6.45, 7) is 3.86. The van der Waals surface area contributed by atoms with Gasteiger partial charge >= 0.3 is 5.97 Å². The predicted molar refractivity (Wildman–Crippen MR) is 106 cm³/mol. The highest BCUT2D eigenvalue weighted by Crippen LogP contribution is 2.22. The van der Waals surface area contributed by atoms with E-state index < -0.39 is 5.97 Å². The number of likely N-dealkylation sites (N-methyl/N-ethyl adjacent to an activating group) is 1. The number of amides is 1. The molecule has 154 valence electrons. The molecule has 1 aromatic carbocycles. The molecule has 1 N–H and O–H groups in total. The standard InChI is InChI=1S/C21H31N3O4/c1-22(16-20(25)26)14-18-15-24(11-12-28-18)21(27)19-9-5-6-10-23(19)13-17-7-3-2-4-8-17/h2-4,7-8,18-19H,5-6,9-16H2,1H3,(H,25,26). The highest BCUT2D eigenvalue weighted by molar-refractivity contribution is 5.82. The van der Waals surface area contributed by atoms with E-state index >= 15 is 0 Å². The van der Waals surface area contributed by atoms with Crippen LogP contribution < -0.4 is 0 Å². The molecule has 0 saturated carbocycles. The lowest BCUT2D eigenvalue weighted by Crippen LogP contribution is -2.56. The maximum atomic E-state index is 13.3. The van der Waals surface area contributed by atoms with Crippen LogP contribution in [0, 0.1) is 0 Å². The lowest BCUT2D eigenvalue weighted by atomic mass is 9.99. The molecule has 2 heterocycles. The SMILES string of the molecule is CN(CC(=O)O)CC1CN(C(=O)C2CCCCN2Cc2ccccc2)CCO1. The van der Waals surface area contributed by atoms with Crippen molar-refractivity contribution in [1.82, 2.24) is 14.7 Å². The van der Waals surface area contributed by atoms with Gasteiger partial charge in [-0.05, 0) is 32.0 Å². The third-order valence-electron chi connectivity index (χ3n) is 5.50. The molecule has 3 rings (SSSR count). The summed E-state index contributed by atoms with van der Waals surface area (Å²) in [6.07, 6.45) is 2.96. The van der Waals surface area contributed by atoms with E-state index in [1.54, 1.807) is 11.9 Å². The Morgan fingerprint density at radius 1 is 1.21 bits per heavy atom. The van der Waals surface area contributed by atoms with Gasteiger partial charge in [-0.3, -0.25) is 19.4 Å². The molecular weight excluding hydrogens is 358 g/mol. The maximum absolute atomic E-state index is 13.3. The van der Waals surface area contributed by atoms with E-state index in [0.717, 1.165) is 32.4 Å². The number of aliphatic carboxylic acids is 1. The van der Waals surface area contributed by atoms with Gasteiger partial charge in [0.15, 0.2) is 0 Å². The Kier molecular flexibility index (Phi) is 7.42. The molecule has 2 unspecified atom stereocenters. The highest BCUT2D eigenvalue weighted by atomic mass is 16.5. The van der Waals surface area contributed by atoms with Crippen LogP contribution in [0.15, 0.2) is 30.3 Å². The topological polar surface area (TPSA) is 73.3 Å². The molecule has 1 aromatic rings. The lowest BCUT2D eigenvalue weighted by Gasteiger charge is -2.41. The second-order valence-corrected chi connectivity index (χ2v) is 7.84. The van der Waals surface area contributed by atoms with E-state index in [1.807, 2.05) is 23.1 Å². The van der Waals surface area contributed by atoms with Crippen LogP contribution in [0.4, 0.5) is 0 Å². The summed E-state index contributed by atoms with van der Waals surface area (Å²) >= 11 is 0. The van der Waals surface area contributed by atoms with Gasteiger partial charge in [0.25, 0.3) is 0 Å². The second kappa shape index (κ2) is 10.0. The zero-order valence-electron chi connectivity index (χ0n) is 16.6. The first kappa shape index (κ1) is 20.8. The Balaban J connectivity index is 1.59. The monoisotopic (exact) mass is 389 g/mol. The average Bonchev–Trinajstić information content (AvgIpc) is 2.68. The second-order valence-electron chi connectivity index (χ2n) is 7.84. The van der Waals surface area contributed by atoms with Gasteiger partial charge in [0.1, 0.15) is 0 Å². The van der Waals surface area contributed by atoms with Crippen molar-refractivity contribution < 1.29 is 19.4 Å². The molecule has 0 aromatic heterocycles. The Bertz CT molecular complexity index is 654. The van der Waals surface area contributed by atoms with Gasteiger partial charge in [0, 0.05) is 26.2 Å². The van der Waals surface area contributed by atoms with Crippen LogP contribution in [0.3, 0.4) is 0 Å². The molecule has 2 aliphatic rings. The van der Waals surface area contributed by atoms with Crippen LogP contribution in [0.1, 0.15) is 24.8 Å². The van der Waals surface area contributed by atoms with Gasteiger partial charge in [-0.2, -0.15) is 0 Å². The number of likely N-dealkylation sites (tertiary alicyclic amines) is 1. The van der Waals surface area contributed by atoms with Crippen molar-refractivity contribution in [2.45, 2.75) is 38.0 Å². The summed E-state index contributed by atoms with van der Waals surface area (Å²) in [7, 11) is 1.76. The van der Waals surface area contributed by atoms with Crippen LogP contribution in [0.2, 0.25) is 0 Å². The number of carboxylic acids is 1. The number of carboxylic acid groups (broad SMARTS) is 1. The van der Waals surface area contributed by atoms with E-state index in [2.05, 4.69) is 17.0 Å². The number of piperidine rings is 1. The first-order valence-corrected chi connectivity index (χ1v) is 10.1.